The first kappa shape index (κ1) is 14.1. The average molecular weight is 351 g/mol. The van der Waals surface area contributed by atoms with Crippen LogP contribution in [0.1, 0.15) is 56.1 Å². The third-order valence-electron chi connectivity index (χ3n) is 6.74. The minimum absolute atomic E-state index is 0.101. The number of aliphatic hydroxyl groups is 1. The second kappa shape index (κ2) is 4.73. The van der Waals surface area contributed by atoms with Gasteiger partial charge in [-0.2, -0.15) is 0 Å². The Morgan fingerprint density at radius 1 is 1.19 bits per heavy atom. The molecule has 3 aliphatic rings. The Bertz CT molecular complexity index is 585. The lowest BCUT2D eigenvalue weighted by Crippen LogP contribution is -2.43. The van der Waals surface area contributed by atoms with Crippen LogP contribution in [-0.2, 0) is 6.42 Å². The molecule has 0 bridgehead atoms. The van der Waals surface area contributed by atoms with Crippen LogP contribution >= 0.6 is 15.9 Å². The molecule has 21 heavy (non-hydrogen) atoms. The second-order valence-corrected chi connectivity index (χ2v) is 8.41. The number of halogens is 1. The van der Waals surface area contributed by atoms with E-state index in [2.05, 4.69) is 28.9 Å². The van der Waals surface area contributed by atoms with Crippen molar-refractivity contribution in [3.05, 3.63) is 27.7 Å². The highest BCUT2D eigenvalue weighted by atomic mass is 79.9. The number of hydrogen-bond acceptors (Lipinski definition) is 2. The summed E-state index contributed by atoms with van der Waals surface area (Å²) in [5, 5.41) is 20.3. The summed E-state index contributed by atoms with van der Waals surface area (Å²) in [4.78, 5) is 0. The molecule has 0 amide bonds. The molecule has 0 saturated heterocycles. The Morgan fingerprint density at radius 3 is 2.81 bits per heavy atom. The van der Waals surface area contributed by atoms with Crippen LogP contribution < -0.4 is 0 Å². The predicted octanol–water partition coefficient (Wildman–Crippen LogP) is 4.37. The van der Waals surface area contributed by atoms with Gasteiger partial charge in [0.05, 0.1) is 10.6 Å². The van der Waals surface area contributed by atoms with Crippen molar-refractivity contribution in [2.24, 2.45) is 17.3 Å². The number of aliphatic hydroxyl groups excluding tert-OH is 1. The minimum atomic E-state index is -0.101. The topological polar surface area (TPSA) is 40.5 Å². The second-order valence-electron chi connectivity index (χ2n) is 7.56. The zero-order chi connectivity index (χ0) is 14.8. The zero-order valence-corrected chi connectivity index (χ0v) is 14.1. The summed E-state index contributed by atoms with van der Waals surface area (Å²) in [5.41, 5.74) is 2.92. The quantitative estimate of drug-likeness (QED) is 0.729. The summed E-state index contributed by atoms with van der Waals surface area (Å²) >= 11 is 3.48. The summed E-state index contributed by atoms with van der Waals surface area (Å²) in [7, 11) is 0. The molecule has 3 heteroatoms. The van der Waals surface area contributed by atoms with Gasteiger partial charge in [0.2, 0.25) is 0 Å². The average Bonchev–Trinajstić information content (AvgIpc) is 2.76. The van der Waals surface area contributed by atoms with Crippen LogP contribution in [0.15, 0.2) is 16.6 Å². The predicted molar refractivity (Wildman–Crippen MR) is 86.4 cm³/mol. The van der Waals surface area contributed by atoms with Crippen LogP contribution in [0, 0.1) is 17.3 Å². The highest BCUT2D eigenvalue weighted by Gasteiger charge is 2.54. The number of phenols is 1. The van der Waals surface area contributed by atoms with E-state index in [1.807, 2.05) is 6.07 Å². The van der Waals surface area contributed by atoms with Crippen molar-refractivity contribution in [3.63, 3.8) is 0 Å². The number of phenolic OH excluding ortho intramolecular Hbond substituents is 1. The molecule has 0 heterocycles. The van der Waals surface area contributed by atoms with Crippen LogP contribution in [0.2, 0.25) is 0 Å². The van der Waals surface area contributed by atoms with E-state index >= 15 is 0 Å². The van der Waals surface area contributed by atoms with E-state index in [0.717, 1.165) is 23.7 Å². The van der Waals surface area contributed by atoms with Gasteiger partial charge in [-0.15, -0.1) is 0 Å². The fourth-order valence-electron chi connectivity index (χ4n) is 5.55. The Kier molecular flexibility index (Phi) is 3.17. The number of rotatable bonds is 0. The molecule has 2 fully saturated rings. The van der Waals surface area contributed by atoms with Gasteiger partial charge in [-0.1, -0.05) is 6.92 Å². The third kappa shape index (κ3) is 1.93. The lowest BCUT2D eigenvalue weighted by molar-refractivity contribution is -0.0226. The van der Waals surface area contributed by atoms with Gasteiger partial charge in [-0.05, 0) is 101 Å². The maximum absolute atomic E-state index is 10.4. The minimum Gasteiger partial charge on any atom is -0.507 e. The van der Waals surface area contributed by atoms with Gasteiger partial charge in [0, 0.05) is 0 Å². The molecule has 0 aliphatic heterocycles. The number of fused-ring (bicyclic) bond motifs is 5. The van der Waals surface area contributed by atoms with Crippen LogP contribution in [0.5, 0.6) is 5.75 Å². The van der Waals surface area contributed by atoms with Gasteiger partial charge in [0.15, 0.2) is 0 Å². The van der Waals surface area contributed by atoms with Crippen LogP contribution in [-0.4, -0.2) is 16.3 Å². The van der Waals surface area contributed by atoms with Gasteiger partial charge >= 0.3 is 0 Å². The lowest BCUT2D eigenvalue weighted by atomic mass is 9.55. The lowest BCUT2D eigenvalue weighted by Gasteiger charge is -2.50. The zero-order valence-electron chi connectivity index (χ0n) is 12.5. The molecule has 0 aromatic heterocycles. The first-order valence-electron chi connectivity index (χ1n) is 8.20. The molecule has 114 valence electrons. The maximum Gasteiger partial charge on any atom is 0.130 e. The van der Waals surface area contributed by atoms with Crippen molar-refractivity contribution in [1.82, 2.24) is 0 Å². The fraction of sp³-hybridized carbons (Fsp3) is 0.667. The van der Waals surface area contributed by atoms with Gasteiger partial charge in [-0.25, -0.2) is 0 Å². The highest BCUT2D eigenvalue weighted by Crippen LogP contribution is 2.61. The van der Waals surface area contributed by atoms with Crippen molar-refractivity contribution in [1.29, 1.82) is 0 Å². The first-order chi connectivity index (χ1) is 10.0. The first-order valence-corrected chi connectivity index (χ1v) is 8.99. The third-order valence-corrected chi connectivity index (χ3v) is 7.38. The van der Waals surface area contributed by atoms with Crippen molar-refractivity contribution < 1.29 is 10.2 Å². The van der Waals surface area contributed by atoms with E-state index in [1.54, 1.807) is 0 Å². The molecule has 1 aromatic carbocycles. The number of benzene rings is 1. The van der Waals surface area contributed by atoms with Gasteiger partial charge in [0.1, 0.15) is 5.75 Å². The molecule has 2 nitrogen and oxygen atoms in total. The van der Waals surface area contributed by atoms with Crippen molar-refractivity contribution in [2.45, 2.75) is 57.5 Å². The van der Waals surface area contributed by atoms with Crippen molar-refractivity contribution in [3.8, 4) is 5.75 Å². The van der Waals surface area contributed by atoms with Crippen LogP contribution in [0.25, 0.3) is 0 Å². The van der Waals surface area contributed by atoms with Crippen molar-refractivity contribution in [2.75, 3.05) is 0 Å². The van der Waals surface area contributed by atoms with Gasteiger partial charge in [-0.3, -0.25) is 0 Å². The van der Waals surface area contributed by atoms with E-state index in [0.29, 0.717) is 23.5 Å². The monoisotopic (exact) mass is 350 g/mol. The molecule has 2 saturated carbocycles. The Hall–Kier alpha value is -0.540. The molecule has 4 rings (SSSR count). The maximum atomic E-state index is 10.4. The molecule has 1 aromatic rings. The molecule has 0 spiro atoms. The summed E-state index contributed by atoms with van der Waals surface area (Å²) in [5.74, 6) is 2.37. The summed E-state index contributed by atoms with van der Waals surface area (Å²) in [6.45, 7) is 2.31. The van der Waals surface area contributed by atoms with Gasteiger partial charge < -0.3 is 10.2 Å². The molecular weight excluding hydrogens is 328 g/mol. The molecule has 0 unspecified atom stereocenters. The van der Waals surface area contributed by atoms with E-state index in [9.17, 15) is 10.2 Å². The van der Waals surface area contributed by atoms with Crippen molar-refractivity contribution >= 4 is 15.9 Å². The molecule has 0 radical (unpaired) electrons. The smallest absolute Gasteiger partial charge is 0.130 e. The van der Waals surface area contributed by atoms with Gasteiger partial charge in [0.25, 0.3) is 0 Å². The molecule has 5 atom stereocenters. The Morgan fingerprint density at radius 2 is 2.00 bits per heavy atom. The highest BCUT2D eigenvalue weighted by molar-refractivity contribution is 9.10. The van der Waals surface area contributed by atoms with E-state index in [-0.39, 0.29) is 11.5 Å². The summed E-state index contributed by atoms with van der Waals surface area (Å²) in [6.07, 6.45) is 6.67. The number of aromatic hydroxyl groups is 1. The molecule has 2 N–H and O–H groups in total. The normalized spacial score (nSPS) is 41.3. The van der Waals surface area contributed by atoms with E-state index in [4.69, 9.17) is 0 Å². The standard InChI is InChI=1S/C18H23BrO2/c1-18-7-6-11-12(14(18)4-5-17(18)21)3-2-10-8-16(20)15(19)9-13(10)11/h8-9,11-12,14,17,20-21H,2-7H2,1H3/t11-,12-,14-,17-,18-/m0/s1. The molecular formula is C18H23BrO2. The van der Waals surface area contributed by atoms with E-state index < -0.39 is 0 Å². The van der Waals surface area contributed by atoms with Crippen LogP contribution in [0.4, 0.5) is 0 Å². The Balaban J connectivity index is 1.73. The fourth-order valence-corrected chi connectivity index (χ4v) is 5.91. The van der Waals surface area contributed by atoms with Crippen LogP contribution in [0.3, 0.4) is 0 Å². The number of aryl methyl sites for hydroxylation is 1. The SMILES string of the molecule is C[C@]12CC[C@@H]3c4cc(Br)c(O)cc4CC[C@@H]3[C@@H]1CC[C@@H]2O. The summed E-state index contributed by atoms with van der Waals surface area (Å²) < 4.78 is 0.821. The summed E-state index contributed by atoms with van der Waals surface area (Å²) in [6, 6.07) is 4.10. The van der Waals surface area contributed by atoms with E-state index in [1.165, 1.54) is 30.4 Å². The Labute approximate surface area is 134 Å². The number of hydrogen-bond donors (Lipinski definition) is 2. The largest absolute Gasteiger partial charge is 0.507 e. The molecule has 3 aliphatic carbocycles.